The molecule has 1 atom stereocenters. The largest absolute Gasteiger partial charge is 0.309 e. The summed E-state index contributed by atoms with van der Waals surface area (Å²) in [5.41, 5.74) is 1.23. The van der Waals surface area contributed by atoms with Crippen LogP contribution in [-0.2, 0) is 6.42 Å². The van der Waals surface area contributed by atoms with Crippen LogP contribution in [0, 0.1) is 6.92 Å². The van der Waals surface area contributed by atoms with Gasteiger partial charge in [-0.1, -0.05) is 6.92 Å². The molecule has 1 unspecified atom stereocenters. The summed E-state index contributed by atoms with van der Waals surface area (Å²) in [5.74, 6) is 0. The lowest BCUT2D eigenvalue weighted by Gasteiger charge is -2.16. The predicted octanol–water partition coefficient (Wildman–Crippen LogP) is 3.89. The van der Waals surface area contributed by atoms with Gasteiger partial charge in [-0.15, -0.1) is 11.3 Å². The lowest BCUT2D eigenvalue weighted by Crippen LogP contribution is -2.23. The number of pyridine rings is 1. The number of halogens is 1. The Morgan fingerprint density at radius 1 is 1.37 bits per heavy atom. The molecular weight excluding hydrogens is 322 g/mol. The van der Waals surface area contributed by atoms with Crippen molar-refractivity contribution in [3.63, 3.8) is 0 Å². The molecule has 2 aromatic rings. The minimum absolute atomic E-state index is 0.322. The van der Waals surface area contributed by atoms with Gasteiger partial charge in [0.15, 0.2) is 0 Å². The second kappa shape index (κ2) is 7.12. The van der Waals surface area contributed by atoms with Crippen LogP contribution in [0.3, 0.4) is 0 Å². The highest BCUT2D eigenvalue weighted by Gasteiger charge is 2.14. The van der Waals surface area contributed by atoms with Gasteiger partial charge in [-0.3, -0.25) is 4.98 Å². The maximum atomic E-state index is 4.36. The number of hydrogen-bond donors (Lipinski definition) is 1. The van der Waals surface area contributed by atoms with E-state index >= 15 is 0 Å². The van der Waals surface area contributed by atoms with E-state index in [0.29, 0.717) is 6.04 Å². The second-order valence-corrected chi connectivity index (χ2v) is 6.69. The number of thiazole rings is 1. The average molecular weight is 340 g/mol. The molecule has 19 heavy (non-hydrogen) atoms. The molecular formula is C14H18BrN3S. The number of hydrogen-bond acceptors (Lipinski definition) is 4. The van der Waals surface area contributed by atoms with Crippen molar-refractivity contribution in [2.45, 2.75) is 32.7 Å². The first-order valence-electron chi connectivity index (χ1n) is 6.44. The first-order chi connectivity index (χ1) is 9.19. The third-order valence-corrected chi connectivity index (χ3v) is 4.28. The third-order valence-electron chi connectivity index (χ3n) is 2.82. The van der Waals surface area contributed by atoms with E-state index in [4.69, 9.17) is 0 Å². The van der Waals surface area contributed by atoms with Gasteiger partial charge >= 0.3 is 0 Å². The van der Waals surface area contributed by atoms with E-state index in [1.807, 2.05) is 25.5 Å². The Hall–Kier alpha value is -0.780. The molecule has 1 N–H and O–H groups in total. The Kier molecular flexibility index (Phi) is 5.48. The Labute approximate surface area is 126 Å². The highest BCUT2D eigenvalue weighted by molar-refractivity contribution is 9.10. The zero-order valence-electron chi connectivity index (χ0n) is 11.2. The van der Waals surface area contributed by atoms with Crippen LogP contribution >= 0.6 is 27.3 Å². The quantitative estimate of drug-likeness (QED) is 0.867. The van der Waals surface area contributed by atoms with E-state index in [2.05, 4.69) is 44.2 Å². The van der Waals surface area contributed by atoms with Crippen LogP contribution in [0.2, 0.25) is 0 Å². The number of aromatic nitrogens is 2. The van der Waals surface area contributed by atoms with Crippen LogP contribution in [0.15, 0.2) is 29.1 Å². The monoisotopic (exact) mass is 339 g/mol. The second-order valence-electron chi connectivity index (χ2n) is 4.50. The summed E-state index contributed by atoms with van der Waals surface area (Å²) < 4.78 is 1.03. The van der Waals surface area contributed by atoms with Crippen molar-refractivity contribution in [3.05, 3.63) is 44.6 Å². The fraction of sp³-hybridized carbons (Fsp3) is 0.429. The normalized spacial score (nSPS) is 12.6. The molecule has 0 radical (unpaired) electrons. The van der Waals surface area contributed by atoms with Crippen molar-refractivity contribution in [1.29, 1.82) is 0 Å². The van der Waals surface area contributed by atoms with E-state index in [0.717, 1.165) is 28.9 Å². The first-order valence-corrected chi connectivity index (χ1v) is 8.05. The molecule has 0 aliphatic rings. The Morgan fingerprint density at radius 3 is 2.84 bits per heavy atom. The molecule has 2 aromatic heterocycles. The van der Waals surface area contributed by atoms with Crippen molar-refractivity contribution >= 4 is 27.3 Å². The molecule has 0 spiro atoms. The van der Waals surface area contributed by atoms with Gasteiger partial charge in [0.1, 0.15) is 0 Å². The Bertz CT molecular complexity index is 527. The molecule has 2 rings (SSSR count). The zero-order valence-corrected chi connectivity index (χ0v) is 13.6. The van der Waals surface area contributed by atoms with E-state index < -0.39 is 0 Å². The highest BCUT2D eigenvalue weighted by atomic mass is 79.9. The highest BCUT2D eigenvalue weighted by Crippen LogP contribution is 2.24. The predicted molar refractivity (Wildman–Crippen MR) is 83.5 cm³/mol. The molecule has 0 saturated heterocycles. The van der Waals surface area contributed by atoms with Crippen LogP contribution in [0.5, 0.6) is 0 Å². The fourth-order valence-corrected chi connectivity index (χ4v) is 3.21. The summed E-state index contributed by atoms with van der Waals surface area (Å²) in [6.07, 6.45) is 7.80. The molecule has 0 aliphatic heterocycles. The van der Waals surface area contributed by atoms with Gasteiger partial charge in [0, 0.05) is 34.0 Å². The third kappa shape index (κ3) is 4.37. The van der Waals surface area contributed by atoms with Crippen LogP contribution < -0.4 is 5.32 Å². The van der Waals surface area contributed by atoms with Crippen molar-refractivity contribution in [2.24, 2.45) is 0 Å². The van der Waals surface area contributed by atoms with Crippen molar-refractivity contribution < 1.29 is 0 Å². The first kappa shape index (κ1) is 14.6. The fourth-order valence-electron chi connectivity index (χ4n) is 1.93. The Balaban J connectivity index is 2.13. The maximum absolute atomic E-state index is 4.36. The van der Waals surface area contributed by atoms with E-state index in [-0.39, 0.29) is 0 Å². The van der Waals surface area contributed by atoms with Gasteiger partial charge in [0.2, 0.25) is 0 Å². The van der Waals surface area contributed by atoms with Gasteiger partial charge in [-0.05, 0) is 53.9 Å². The lowest BCUT2D eigenvalue weighted by molar-refractivity contribution is 0.535. The van der Waals surface area contributed by atoms with Gasteiger partial charge in [0.05, 0.1) is 5.01 Å². The SMILES string of the molecule is CCCNC(Cc1cncc(Br)c1)c1cnc(C)s1. The maximum Gasteiger partial charge on any atom is 0.0897 e. The molecule has 5 heteroatoms. The molecule has 3 nitrogen and oxygen atoms in total. The Morgan fingerprint density at radius 2 is 2.21 bits per heavy atom. The number of nitrogens with zero attached hydrogens (tertiary/aromatic N) is 2. The topological polar surface area (TPSA) is 37.8 Å². The molecule has 0 aliphatic carbocycles. The van der Waals surface area contributed by atoms with E-state index in [1.54, 1.807) is 11.3 Å². The number of nitrogens with one attached hydrogen (secondary N) is 1. The molecule has 102 valence electrons. The molecule has 0 saturated carbocycles. The number of rotatable bonds is 6. The zero-order chi connectivity index (χ0) is 13.7. The van der Waals surface area contributed by atoms with Crippen molar-refractivity contribution in [2.75, 3.05) is 6.54 Å². The molecule has 0 bridgehead atoms. The van der Waals surface area contributed by atoms with Crippen molar-refractivity contribution in [1.82, 2.24) is 15.3 Å². The van der Waals surface area contributed by atoms with Crippen LogP contribution in [0.4, 0.5) is 0 Å². The number of aryl methyl sites for hydroxylation is 1. The standard InChI is InChI=1S/C14H18BrN3S/c1-3-4-17-13(14-9-18-10(2)19-14)6-11-5-12(15)8-16-7-11/h5,7-9,13,17H,3-4,6H2,1-2H3. The lowest BCUT2D eigenvalue weighted by atomic mass is 10.1. The summed E-state index contributed by atoms with van der Waals surface area (Å²) in [4.78, 5) is 9.89. The van der Waals surface area contributed by atoms with Gasteiger partial charge < -0.3 is 5.32 Å². The van der Waals surface area contributed by atoms with Gasteiger partial charge in [-0.2, -0.15) is 0 Å². The van der Waals surface area contributed by atoms with Gasteiger partial charge in [0.25, 0.3) is 0 Å². The molecule has 0 amide bonds. The van der Waals surface area contributed by atoms with Gasteiger partial charge in [-0.25, -0.2) is 4.98 Å². The smallest absolute Gasteiger partial charge is 0.0897 e. The average Bonchev–Trinajstić information content (AvgIpc) is 2.81. The molecule has 0 aromatic carbocycles. The van der Waals surface area contributed by atoms with E-state index in [9.17, 15) is 0 Å². The van der Waals surface area contributed by atoms with Crippen LogP contribution in [0.25, 0.3) is 0 Å². The minimum Gasteiger partial charge on any atom is -0.309 e. The molecule has 0 fully saturated rings. The van der Waals surface area contributed by atoms with Crippen LogP contribution in [0.1, 0.15) is 34.8 Å². The summed E-state index contributed by atoms with van der Waals surface area (Å²) in [5, 5.41) is 4.71. The summed E-state index contributed by atoms with van der Waals surface area (Å²) >= 11 is 5.24. The summed E-state index contributed by atoms with van der Waals surface area (Å²) in [6.45, 7) is 5.25. The van der Waals surface area contributed by atoms with E-state index in [1.165, 1.54) is 10.4 Å². The summed E-state index contributed by atoms with van der Waals surface area (Å²) in [7, 11) is 0. The summed E-state index contributed by atoms with van der Waals surface area (Å²) in [6, 6.07) is 2.45. The van der Waals surface area contributed by atoms with Crippen LogP contribution in [-0.4, -0.2) is 16.5 Å². The molecule has 2 heterocycles. The minimum atomic E-state index is 0.322. The van der Waals surface area contributed by atoms with Crippen molar-refractivity contribution in [3.8, 4) is 0 Å².